The lowest BCUT2D eigenvalue weighted by Gasteiger charge is -2.14. The zero-order chi connectivity index (χ0) is 12.3. The Bertz CT molecular complexity index is 528. The molecule has 2 heteroatoms. The monoisotopic (exact) mass is 227 g/mol. The number of nitrogens with one attached hydrogen (secondary N) is 1. The molecule has 2 aromatic carbocycles. The fraction of sp³-hybridized carbons (Fsp3) is 0.267. The van der Waals surface area contributed by atoms with Crippen LogP contribution in [0.3, 0.4) is 0 Å². The smallest absolute Gasteiger partial charge is 0.147 e. The first-order valence-electron chi connectivity index (χ1n) is 5.86. The lowest BCUT2D eigenvalue weighted by Crippen LogP contribution is -2.34. The Morgan fingerprint density at radius 3 is 2.59 bits per heavy atom. The molecule has 1 atom stereocenters. The van der Waals surface area contributed by atoms with Gasteiger partial charge in [0.15, 0.2) is 0 Å². The maximum Gasteiger partial charge on any atom is 0.147 e. The molecular formula is C15H17NO. The zero-order valence-corrected chi connectivity index (χ0v) is 10.2. The average molecular weight is 227 g/mol. The van der Waals surface area contributed by atoms with Crippen LogP contribution >= 0.6 is 0 Å². The molecule has 0 aliphatic carbocycles. The summed E-state index contributed by atoms with van der Waals surface area (Å²) in [6, 6.07) is 14.4. The van der Waals surface area contributed by atoms with E-state index in [1.54, 1.807) is 6.92 Å². The van der Waals surface area contributed by atoms with Crippen LogP contribution in [0.15, 0.2) is 42.5 Å². The molecule has 2 rings (SSSR count). The molecule has 0 radical (unpaired) electrons. The first kappa shape index (κ1) is 11.8. The van der Waals surface area contributed by atoms with Crippen molar-refractivity contribution in [3.05, 3.63) is 48.0 Å². The predicted octanol–water partition coefficient (Wildman–Crippen LogP) is 2.56. The summed E-state index contributed by atoms with van der Waals surface area (Å²) in [5.74, 6) is 0.181. The second-order valence-electron chi connectivity index (χ2n) is 4.29. The summed E-state index contributed by atoms with van der Waals surface area (Å²) in [4.78, 5) is 11.5. The molecule has 17 heavy (non-hydrogen) atoms. The third-order valence-electron chi connectivity index (χ3n) is 3.14. The lowest BCUT2D eigenvalue weighted by atomic mass is 9.97. The quantitative estimate of drug-likeness (QED) is 0.869. The van der Waals surface area contributed by atoms with E-state index in [1.807, 2.05) is 25.2 Å². The third-order valence-corrected chi connectivity index (χ3v) is 3.14. The van der Waals surface area contributed by atoms with Crippen LogP contribution in [0.25, 0.3) is 10.8 Å². The summed E-state index contributed by atoms with van der Waals surface area (Å²) >= 11 is 0. The van der Waals surface area contributed by atoms with E-state index in [9.17, 15) is 4.79 Å². The number of likely N-dealkylation sites (N-methyl/N-ethyl adjacent to an activating group) is 1. The SMILES string of the molecule is CN[C@H](Cc1cccc2ccccc12)C(C)=O. The number of carbonyl (C=O) groups excluding carboxylic acids is 1. The number of hydrogen-bond acceptors (Lipinski definition) is 2. The Hall–Kier alpha value is -1.67. The Labute approximate surface area is 102 Å². The molecule has 2 aromatic rings. The van der Waals surface area contributed by atoms with E-state index in [0.29, 0.717) is 0 Å². The Balaban J connectivity index is 2.38. The number of benzene rings is 2. The standard InChI is InChI=1S/C15H17NO/c1-11(17)15(16-2)10-13-8-5-7-12-6-3-4-9-14(12)13/h3-9,15-16H,10H2,1-2H3/t15-/m1/s1. The predicted molar refractivity (Wildman–Crippen MR) is 71.2 cm³/mol. The summed E-state index contributed by atoms with van der Waals surface area (Å²) in [6.45, 7) is 1.63. The van der Waals surface area contributed by atoms with Crippen LogP contribution < -0.4 is 5.32 Å². The van der Waals surface area contributed by atoms with Gasteiger partial charge in [0.2, 0.25) is 0 Å². The number of rotatable bonds is 4. The molecule has 0 amide bonds. The van der Waals surface area contributed by atoms with Gasteiger partial charge in [0.05, 0.1) is 6.04 Å². The van der Waals surface area contributed by atoms with E-state index in [1.165, 1.54) is 16.3 Å². The van der Waals surface area contributed by atoms with Crippen molar-refractivity contribution in [3.63, 3.8) is 0 Å². The summed E-state index contributed by atoms with van der Waals surface area (Å²) < 4.78 is 0. The summed E-state index contributed by atoms with van der Waals surface area (Å²) in [5, 5.41) is 5.52. The minimum atomic E-state index is -0.0965. The molecule has 0 fully saturated rings. The average Bonchev–Trinajstić information content (AvgIpc) is 2.35. The second kappa shape index (κ2) is 5.11. The van der Waals surface area contributed by atoms with E-state index in [0.717, 1.165) is 6.42 Å². The van der Waals surface area contributed by atoms with Gasteiger partial charge in [0.25, 0.3) is 0 Å². The minimum absolute atomic E-state index is 0.0965. The van der Waals surface area contributed by atoms with Gasteiger partial charge in [-0.05, 0) is 36.7 Å². The maximum absolute atomic E-state index is 11.5. The summed E-state index contributed by atoms with van der Waals surface area (Å²) in [5.41, 5.74) is 1.22. The van der Waals surface area contributed by atoms with Crippen molar-refractivity contribution in [2.45, 2.75) is 19.4 Å². The lowest BCUT2D eigenvalue weighted by molar-refractivity contribution is -0.118. The van der Waals surface area contributed by atoms with Crippen molar-refractivity contribution < 1.29 is 4.79 Å². The van der Waals surface area contributed by atoms with Gasteiger partial charge in [-0.1, -0.05) is 42.5 Å². The molecule has 1 N–H and O–H groups in total. The van der Waals surface area contributed by atoms with Crippen molar-refractivity contribution in [1.29, 1.82) is 0 Å². The van der Waals surface area contributed by atoms with Crippen molar-refractivity contribution in [2.24, 2.45) is 0 Å². The summed E-state index contributed by atoms with van der Waals surface area (Å²) in [6.07, 6.45) is 0.743. The molecule has 0 bridgehead atoms. The molecule has 0 aliphatic heterocycles. The van der Waals surface area contributed by atoms with E-state index in [2.05, 4.69) is 29.6 Å². The number of carbonyl (C=O) groups is 1. The molecule has 0 aliphatic rings. The van der Waals surface area contributed by atoms with Gasteiger partial charge in [-0.15, -0.1) is 0 Å². The summed E-state index contributed by atoms with van der Waals surface area (Å²) in [7, 11) is 1.83. The van der Waals surface area contributed by atoms with Gasteiger partial charge in [-0.25, -0.2) is 0 Å². The van der Waals surface area contributed by atoms with E-state index >= 15 is 0 Å². The number of Topliss-reactive ketones (excluding diaryl/α,β-unsaturated/α-hetero) is 1. The van der Waals surface area contributed by atoms with Crippen molar-refractivity contribution in [2.75, 3.05) is 7.05 Å². The van der Waals surface area contributed by atoms with Gasteiger partial charge < -0.3 is 5.32 Å². The molecule has 88 valence electrons. The van der Waals surface area contributed by atoms with Crippen LogP contribution in [-0.4, -0.2) is 18.9 Å². The van der Waals surface area contributed by atoms with Crippen molar-refractivity contribution in [3.8, 4) is 0 Å². The first-order valence-corrected chi connectivity index (χ1v) is 5.86. The topological polar surface area (TPSA) is 29.1 Å². The van der Waals surface area contributed by atoms with Gasteiger partial charge in [-0.3, -0.25) is 4.79 Å². The molecular weight excluding hydrogens is 210 g/mol. The van der Waals surface area contributed by atoms with Crippen molar-refractivity contribution in [1.82, 2.24) is 5.32 Å². The highest BCUT2D eigenvalue weighted by molar-refractivity contribution is 5.87. The third kappa shape index (κ3) is 2.53. The number of fused-ring (bicyclic) bond motifs is 1. The Kier molecular flexibility index (Phi) is 3.55. The van der Waals surface area contributed by atoms with Crippen LogP contribution in [0.1, 0.15) is 12.5 Å². The van der Waals surface area contributed by atoms with E-state index in [-0.39, 0.29) is 11.8 Å². The van der Waals surface area contributed by atoms with Gasteiger partial charge in [0, 0.05) is 0 Å². The Morgan fingerprint density at radius 2 is 1.88 bits per heavy atom. The van der Waals surface area contributed by atoms with Crippen LogP contribution in [0.5, 0.6) is 0 Å². The fourth-order valence-electron chi connectivity index (χ4n) is 2.14. The van der Waals surface area contributed by atoms with Gasteiger partial charge in [0.1, 0.15) is 5.78 Å². The van der Waals surface area contributed by atoms with Crippen molar-refractivity contribution >= 4 is 16.6 Å². The van der Waals surface area contributed by atoms with E-state index in [4.69, 9.17) is 0 Å². The first-order chi connectivity index (χ1) is 8.22. The molecule has 0 unspecified atom stereocenters. The van der Waals surface area contributed by atoms with E-state index < -0.39 is 0 Å². The zero-order valence-electron chi connectivity index (χ0n) is 10.2. The molecule has 0 saturated carbocycles. The Morgan fingerprint density at radius 1 is 1.18 bits per heavy atom. The van der Waals surface area contributed by atoms with Crippen LogP contribution in [0.4, 0.5) is 0 Å². The molecule has 0 saturated heterocycles. The van der Waals surface area contributed by atoms with Gasteiger partial charge in [-0.2, -0.15) is 0 Å². The largest absolute Gasteiger partial charge is 0.310 e. The highest BCUT2D eigenvalue weighted by Gasteiger charge is 2.13. The molecule has 0 heterocycles. The van der Waals surface area contributed by atoms with Gasteiger partial charge >= 0.3 is 0 Å². The highest BCUT2D eigenvalue weighted by Crippen LogP contribution is 2.19. The van der Waals surface area contributed by atoms with Crippen LogP contribution in [-0.2, 0) is 11.2 Å². The van der Waals surface area contributed by atoms with Crippen LogP contribution in [0.2, 0.25) is 0 Å². The highest BCUT2D eigenvalue weighted by atomic mass is 16.1. The molecule has 2 nitrogen and oxygen atoms in total. The molecule has 0 spiro atoms. The second-order valence-corrected chi connectivity index (χ2v) is 4.29. The van der Waals surface area contributed by atoms with Crippen LogP contribution in [0, 0.1) is 0 Å². The fourth-order valence-corrected chi connectivity index (χ4v) is 2.14. The maximum atomic E-state index is 11.5. The normalized spacial score (nSPS) is 12.6. The molecule has 0 aromatic heterocycles. The number of ketones is 1. The number of hydrogen-bond donors (Lipinski definition) is 1. The minimum Gasteiger partial charge on any atom is -0.310 e.